The second-order valence-corrected chi connectivity index (χ2v) is 5.75. The molecular formula is C16H22NOP. The summed E-state index contributed by atoms with van der Waals surface area (Å²) in [5.74, 6) is 0.951. The highest BCUT2D eigenvalue weighted by Gasteiger charge is 2.41. The Morgan fingerprint density at radius 3 is 2.84 bits per heavy atom. The first-order chi connectivity index (χ1) is 9.22. The third kappa shape index (κ3) is 3.01. The summed E-state index contributed by atoms with van der Waals surface area (Å²) in [4.78, 5) is 0. The zero-order valence-corrected chi connectivity index (χ0v) is 12.5. The molecule has 102 valence electrons. The molecule has 2 nitrogen and oxygen atoms in total. The van der Waals surface area contributed by atoms with Gasteiger partial charge < -0.3 is 9.41 Å². The van der Waals surface area contributed by atoms with Gasteiger partial charge in [0.25, 0.3) is 0 Å². The summed E-state index contributed by atoms with van der Waals surface area (Å²) in [6, 6.07) is 0. The van der Waals surface area contributed by atoms with Gasteiger partial charge in [0.1, 0.15) is 5.76 Å². The predicted molar refractivity (Wildman–Crippen MR) is 84.4 cm³/mol. The van der Waals surface area contributed by atoms with Crippen LogP contribution in [0.1, 0.15) is 19.3 Å². The minimum Gasteiger partial charge on any atom is -0.492 e. The molecule has 0 N–H and O–H groups in total. The molecule has 0 aromatic carbocycles. The van der Waals surface area contributed by atoms with Gasteiger partial charge >= 0.3 is 0 Å². The third-order valence-electron chi connectivity index (χ3n) is 3.77. The molecule has 1 fully saturated rings. The zero-order valence-electron chi connectivity index (χ0n) is 11.3. The van der Waals surface area contributed by atoms with Gasteiger partial charge in [0.15, 0.2) is 0 Å². The first-order valence-corrected chi connectivity index (χ1v) is 7.20. The molecular weight excluding hydrogens is 253 g/mol. The van der Waals surface area contributed by atoms with Crippen molar-refractivity contribution in [3.63, 3.8) is 0 Å². The Morgan fingerprint density at radius 2 is 2.11 bits per heavy atom. The van der Waals surface area contributed by atoms with Gasteiger partial charge in [0.05, 0.1) is 6.61 Å². The maximum atomic E-state index is 5.90. The number of nitrogens with zero attached hydrogens (tertiary/aromatic N) is 1. The van der Waals surface area contributed by atoms with Crippen LogP contribution in [0.15, 0.2) is 61.1 Å². The van der Waals surface area contributed by atoms with Crippen molar-refractivity contribution in [2.24, 2.45) is 5.41 Å². The Kier molecular flexibility index (Phi) is 4.66. The zero-order chi connectivity index (χ0) is 13.7. The van der Waals surface area contributed by atoms with Gasteiger partial charge in [-0.05, 0) is 40.9 Å². The van der Waals surface area contributed by atoms with Gasteiger partial charge in [-0.3, -0.25) is 0 Å². The van der Waals surface area contributed by atoms with Crippen LogP contribution in [0.3, 0.4) is 0 Å². The Balaban J connectivity index is 2.33. The standard InChI is InChI=1S/C16H22NOP/c1-3-7-14-15(8-4-2)18-13-16(14)9-5-11-17(19)12-6-10-16/h3-5,7-8,11H,1-2,6,9-10,12-13,19H2/b11-5-,14-7?,15-8+. The minimum atomic E-state index is 0.103. The smallest absolute Gasteiger partial charge is 0.123 e. The van der Waals surface area contributed by atoms with Gasteiger partial charge in [0, 0.05) is 17.5 Å². The molecule has 1 spiro atoms. The first kappa shape index (κ1) is 14.1. The molecule has 0 aromatic rings. The Hall–Kier alpha value is -1.27. The molecule has 0 bridgehead atoms. The summed E-state index contributed by atoms with van der Waals surface area (Å²) in [5, 5.41) is 0. The van der Waals surface area contributed by atoms with Crippen molar-refractivity contribution in [1.82, 2.24) is 4.67 Å². The Morgan fingerprint density at radius 1 is 1.32 bits per heavy atom. The summed E-state index contributed by atoms with van der Waals surface area (Å²) >= 11 is 0. The van der Waals surface area contributed by atoms with Crippen molar-refractivity contribution in [1.29, 1.82) is 0 Å². The van der Waals surface area contributed by atoms with Crippen LogP contribution < -0.4 is 0 Å². The first-order valence-electron chi connectivity index (χ1n) is 6.69. The van der Waals surface area contributed by atoms with Gasteiger partial charge in [0.2, 0.25) is 0 Å². The molecule has 3 heteroatoms. The van der Waals surface area contributed by atoms with Crippen molar-refractivity contribution in [3.05, 3.63) is 61.1 Å². The van der Waals surface area contributed by atoms with E-state index in [9.17, 15) is 0 Å². The maximum absolute atomic E-state index is 5.90. The fraction of sp³-hybridized carbons (Fsp3) is 0.375. The second-order valence-electron chi connectivity index (χ2n) is 5.08. The van der Waals surface area contributed by atoms with Crippen molar-refractivity contribution in [2.45, 2.75) is 19.3 Å². The van der Waals surface area contributed by atoms with Crippen LogP contribution in [0.4, 0.5) is 0 Å². The number of allylic oxidation sites excluding steroid dienone is 6. The van der Waals surface area contributed by atoms with Crippen LogP contribution in [-0.2, 0) is 4.74 Å². The number of ether oxygens (including phenoxy) is 1. The Bertz CT molecular complexity index is 450. The molecule has 0 aliphatic carbocycles. The molecule has 19 heavy (non-hydrogen) atoms. The van der Waals surface area contributed by atoms with Crippen molar-refractivity contribution in [2.75, 3.05) is 13.2 Å². The molecule has 2 unspecified atom stereocenters. The normalized spacial score (nSPS) is 33.0. The average molecular weight is 275 g/mol. The van der Waals surface area contributed by atoms with Gasteiger partial charge in [-0.15, -0.1) is 0 Å². The van der Waals surface area contributed by atoms with Crippen molar-refractivity contribution < 1.29 is 4.74 Å². The largest absolute Gasteiger partial charge is 0.492 e. The van der Waals surface area contributed by atoms with Crippen LogP contribution in [-0.4, -0.2) is 17.8 Å². The van der Waals surface area contributed by atoms with Crippen molar-refractivity contribution >= 4 is 9.39 Å². The van der Waals surface area contributed by atoms with E-state index in [4.69, 9.17) is 4.74 Å². The highest BCUT2D eigenvalue weighted by molar-refractivity contribution is 7.13. The highest BCUT2D eigenvalue weighted by Crippen LogP contribution is 2.47. The molecule has 2 rings (SSSR count). The summed E-state index contributed by atoms with van der Waals surface area (Å²) < 4.78 is 8.06. The third-order valence-corrected chi connectivity index (χ3v) is 4.20. The molecule has 0 radical (unpaired) electrons. The molecule has 2 aliphatic rings. The number of hydrogen-bond acceptors (Lipinski definition) is 2. The lowest BCUT2D eigenvalue weighted by molar-refractivity contribution is 0.175. The number of hydrogen-bond donors (Lipinski definition) is 0. The molecule has 2 aliphatic heterocycles. The molecule has 0 amide bonds. The quantitative estimate of drug-likeness (QED) is 0.707. The van der Waals surface area contributed by atoms with E-state index in [-0.39, 0.29) is 5.41 Å². The molecule has 2 heterocycles. The van der Waals surface area contributed by atoms with Gasteiger partial charge in [-0.25, -0.2) is 0 Å². The van der Waals surface area contributed by atoms with E-state index in [1.165, 1.54) is 5.57 Å². The second kappa shape index (κ2) is 6.25. The summed E-state index contributed by atoms with van der Waals surface area (Å²) in [5.41, 5.74) is 1.37. The van der Waals surface area contributed by atoms with E-state index in [2.05, 4.69) is 45.6 Å². The van der Waals surface area contributed by atoms with Gasteiger partial charge in [-0.2, -0.15) is 0 Å². The highest BCUT2D eigenvalue weighted by atomic mass is 31.0. The van der Waals surface area contributed by atoms with E-state index in [1.807, 2.05) is 12.2 Å². The van der Waals surface area contributed by atoms with E-state index in [0.29, 0.717) is 0 Å². The number of rotatable bonds is 2. The fourth-order valence-corrected chi connectivity index (χ4v) is 3.12. The van der Waals surface area contributed by atoms with Crippen LogP contribution in [0.5, 0.6) is 0 Å². The summed E-state index contributed by atoms with van der Waals surface area (Å²) in [6.45, 7) is 9.42. The lowest BCUT2D eigenvalue weighted by Crippen LogP contribution is -2.25. The van der Waals surface area contributed by atoms with E-state index < -0.39 is 0 Å². The van der Waals surface area contributed by atoms with Crippen molar-refractivity contribution in [3.8, 4) is 0 Å². The maximum Gasteiger partial charge on any atom is 0.123 e. The van der Waals surface area contributed by atoms with Crippen LogP contribution in [0, 0.1) is 5.41 Å². The predicted octanol–water partition coefficient (Wildman–Crippen LogP) is 3.98. The Labute approximate surface area is 118 Å². The van der Waals surface area contributed by atoms with E-state index in [0.717, 1.165) is 38.2 Å². The summed E-state index contributed by atoms with van der Waals surface area (Å²) in [7, 11) is 2.74. The average Bonchev–Trinajstić information content (AvgIpc) is 2.69. The molecule has 0 saturated carbocycles. The molecule has 0 aromatic heterocycles. The van der Waals surface area contributed by atoms with Crippen LogP contribution >= 0.6 is 9.39 Å². The van der Waals surface area contributed by atoms with Crippen LogP contribution in [0.2, 0.25) is 0 Å². The fourth-order valence-electron chi connectivity index (χ4n) is 2.82. The lowest BCUT2D eigenvalue weighted by atomic mass is 9.74. The molecule has 2 atom stereocenters. The SMILES string of the molecule is C=CC=C1/C(=C\C=C)OCC12C/C=C\N(P)CCC2. The topological polar surface area (TPSA) is 12.5 Å². The monoisotopic (exact) mass is 275 g/mol. The lowest BCUT2D eigenvalue weighted by Gasteiger charge is -2.30. The minimum absolute atomic E-state index is 0.103. The molecule has 1 saturated heterocycles. The van der Waals surface area contributed by atoms with E-state index >= 15 is 0 Å². The van der Waals surface area contributed by atoms with Gasteiger partial charge in [-0.1, -0.05) is 37.5 Å². The van der Waals surface area contributed by atoms with Crippen LogP contribution in [0.25, 0.3) is 0 Å². The van der Waals surface area contributed by atoms with E-state index in [1.54, 1.807) is 6.08 Å². The summed E-state index contributed by atoms with van der Waals surface area (Å²) in [6.07, 6.45) is 15.4.